The third-order valence-corrected chi connectivity index (χ3v) is 5.45. The first kappa shape index (κ1) is 25.3. The van der Waals surface area contributed by atoms with Crippen molar-refractivity contribution < 1.29 is 32.0 Å². The topological polar surface area (TPSA) is 96.7 Å². The molecule has 1 aliphatic heterocycles. The van der Waals surface area contributed by atoms with Crippen molar-refractivity contribution in [2.24, 2.45) is 0 Å². The van der Waals surface area contributed by atoms with Gasteiger partial charge in [0, 0.05) is 5.39 Å². The van der Waals surface area contributed by atoms with E-state index in [0.717, 1.165) is 11.0 Å². The van der Waals surface area contributed by atoms with Crippen molar-refractivity contribution in [2.75, 3.05) is 18.6 Å². The van der Waals surface area contributed by atoms with Crippen LogP contribution in [-0.4, -0.2) is 42.7 Å². The lowest BCUT2D eigenvalue weighted by molar-refractivity contribution is -0.139. The molecule has 2 N–H and O–H groups in total. The molecule has 2 heterocycles. The average Bonchev–Trinajstić information content (AvgIpc) is 3.15. The van der Waals surface area contributed by atoms with Crippen LogP contribution in [0.15, 0.2) is 47.0 Å². The van der Waals surface area contributed by atoms with E-state index >= 15 is 0 Å². The molecule has 2 aromatic carbocycles. The number of hydrogen-bond donors (Lipinski definition) is 2. The highest BCUT2D eigenvalue weighted by molar-refractivity contribution is 6.02. The van der Waals surface area contributed by atoms with Crippen molar-refractivity contribution in [3.8, 4) is 5.75 Å². The van der Waals surface area contributed by atoms with Crippen LogP contribution < -0.4 is 20.3 Å². The number of amides is 2. The van der Waals surface area contributed by atoms with Gasteiger partial charge in [0.05, 0.1) is 23.8 Å². The summed E-state index contributed by atoms with van der Waals surface area (Å²) in [5.41, 5.74) is -0.250. The molecule has 1 aliphatic rings. The average molecular weight is 499 g/mol. The first-order chi connectivity index (χ1) is 15.7. The summed E-state index contributed by atoms with van der Waals surface area (Å²) in [7, 11) is 1.57. The predicted octanol–water partition coefficient (Wildman–Crippen LogP) is 3.29. The number of hydrogen-bond acceptors (Lipinski definition) is 6. The molecule has 0 bridgehead atoms. The first-order valence-corrected chi connectivity index (χ1v) is 10.2. The van der Waals surface area contributed by atoms with Gasteiger partial charge >= 0.3 is 6.18 Å². The largest absolute Gasteiger partial charge is 0.488 e. The number of likely N-dealkylation sites (N-methyl/N-ethyl adjacent to an activating group) is 1. The molecule has 8 nitrogen and oxygen atoms in total. The predicted molar refractivity (Wildman–Crippen MR) is 120 cm³/mol. The zero-order valence-electron chi connectivity index (χ0n) is 18.2. The number of carbonyl (C=O) groups is 2. The van der Waals surface area contributed by atoms with Crippen LogP contribution in [0.25, 0.3) is 11.0 Å². The van der Waals surface area contributed by atoms with Crippen LogP contribution in [-0.2, 0) is 22.3 Å². The highest BCUT2D eigenvalue weighted by atomic mass is 35.5. The lowest BCUT2D eigenvalue weighted by Crippen LogP contribution is -2.53. The second-order valence-corrected chi connectivity index (χ2v) is 7.58. The number of rotatable bonds is 5. The molecule has 0 saturated heterocycles. The normalized spacial score (nSPS) is 16.8. The second-order valence-electron chi connectivity index (χ2n) is 7.58. The summed E-state index contributed by atoms with van der Waals surface area (Å²) in [6.07, 6.45) is -4.70. The molecule has 182 valence electrons. The minimum Gasteiger partial charge on any atom is -0.488 e. The zero-order chi connectivity index (χ0) is 23.8. The lowest BCUT2D eigenvalue weighted by atomic mass is 10.1. The quantitative estimate of drug-likeness (QED) is 0.560. The van der Waals surface area contributed by atoms with E-state index in [1.54, 1.807) is 38.2 Å². The van der Waals surface area contributed by atoms with Gasteiger partial charge in [0.1, 0.15) is 18.3 Å². The van der Waals surface area contributed by atoms with E-state index in [9.17, 15) is 22.8 Å². The van der Waals surface area contributed by atoms with Gasteiger partial charge in [-0.25, -0.2) is 0 Å². The molecular weight excluding hydrogens is 477 g/mol. The van der Waals surface area contributed by atoms with E-state index < -0.39 is 48.0 Å². The van der Waals surface area contributed by atoms with E-state index in [-0.39, 0.29) is 24.6 Å². The molecule has 0 radical (unpaired) electrons. The lowest BCUT2D eigenvalue weighted by Gasteiger charge is -2.25. The van der Waals surface area contributed by atoms with Gasteiger partial charge in [0.15, 0.2) is 11.3 Å². The molecule has 0 aliphatic carbocycles. The Balaban J connectivity index is 0.00000324. The van der Waals surface area contributed by atoms with E-state index in [2.05, 4.69) is 15.8 Å². The smallest absolute Gasteiger partial charge is 0.420 e. The van der Waals surface area contributed by atoms with E-state index in [1.165, 1.54) is 12.1 Å². The molecule has 4 rings (SSSR count). The monoisotopic (exact) mass is 498 g/mol. The van der Waals surface area contributed by atoms with Crippen LogP contribution in [0.5, 0.6) is 5.75 Å². The Morgan fingerprint density at radius 2 is 1.97 bits per heavy atom. The third kappa shape index (κ3) is 4.80. The number of fused-ring (bicyclic) bond motifs is 2. The summed E-state index contributed by atoms with van der Waals surface area (Å²) >= 11 is 0. The highest BCUT2D eigenvalue weighted by Crippen LogP contribution is 2.43. The number of anilines is 1. The molecular formula is C22H22ClF3N4O4. The summed E-state index contributed by atoms with van der Waals surface area (Å²) in [5, 5.41) is 9.92. The fourth-order valence-corrected chi connectivity index (χ4v) is 3.55. The van der Waals surface area contributed by atoms with E-state index in [0.29, 0.717) is 16.7 Å². The summed E-state index contributed by atoms with van der Waals surface area (Å²) in [6.45, 7) is 0.950. The Morgan fingerprint density at radius 3 is 2.68 bits per heavy atom. The second kappa shape index (κ2) is 9.90. The van der Waals surface area contributed by atoms with Crippen molar-refractivity contribution in [3.63, 3.8) is 0 Å². The Labute approximate surface area is 198 Å². The molecule has 34 heavy (non-hydrogen) atoms. The number of ether oxygens (including phenoxy) is 1. The van der Waals surface area contributed by atoms with Gasteiger partial charge in [-0.3, -0.25) is 9.59 Å². The number of aromatic nitrogens is 1. The summed E-state index contributed by atoms with van der Waals surface area (Å²) < 4.78 is 51.8. The number of para-hydroxylation sites is 2. The summed E-state index contributed by atoms with van der Waals surface area (Å²) in [5.74, 6) is -1.60. The SMILES string of the molecule is CNC(C)C(=O)NC1COc2c(cccc2C(F)(F)F)N(Cc2noc3ccccc23)C1=O.Cl. The van der Waals surface area contributed by atoms with E-state index in [1.807, 2.05) is 0 Å². The Bertz CT molecular complexity index is 1200. The van der Waals surface area contributed by atoms with Gasteiger partial charge < -0.3 is 24.8 Å². The van der Waals surface area contributed by atoms with Crippen LogP contribution in [0.3, 0.4) is 0 Å². The van der Waals surface area contributed by atoms with Gasteiger partial charge in [-0.05, 0) is 38.2 Å². The molecule has 0 spiro atoms. The number of alkyl halides is 3. The number of halogens is 4. The van der Waals surface area contributed by atoms with Crippen LogP contribution >= 0.6 is 12.4 Å². The molecule has 2 unspecified atom stereocenters. The van der Waals surface area contributed by atoms with Crippen LogP contribution in [0.4, 0.5) is 18.9 Å². The molecule has 12 heteroatoms. The number of nitrogens with zero attached hydrogens (tertiary/aromatic N) is 2. The summed E-state index contributed by atoms with van der Waals surface area (Å²) in [4.78, 5) is 27.0. The van der Waals surface area contributed by atoms with Gasteiger partial charge in [-0.15, -0.1) is 12.4 Å². The van der Waals surface area contributed by atoms with Crippen molar-refractivity contribution in [3.05, 3.63) is 53.7 Å². The molecule has 2 amide bonds. The number of nitrogens with one attached hydrogen (secondary N) is 2. The van der Waals surface area contributed by atoms with Crippen LogP contribution in [0.1, 0.15) is 18.2 Å². The van der Waals surface area contributed by atoms with Gasteiger partial charge in [0.2, 0.25) is 5.91 Å². The van der Waals surface area contributed by atoms with E-state index in [4.69, 9.17) is 9.26 Å². The van der Waals surface area contributed by atoms with Gasteiger partial charge in [-0.1, -0.05) is 23.4 Å². The number of carbonyl (C=O) groups excluding carboxylic acids is 2. The van der Waals surface area contributed by atoms with Crippen LogP contribution in [0, 0.1) is 0 Å². The fraction of sp³-hybridized carbons (Fsp3) is 0.318. The Morgan fingerprint density at radius 1 is 1.24 bits per heavy atom. The van der Waals surface area contributed by atoms with Crippen molar-refractivity contribution >= 4 is 40.9 Å². The van der Waals surface area contributed by atoms with Crippen molar-refractivity contribution in [2.45, 2.75) is 31.7 Å². The van der Waals surface area contributed by atoms with Gasteiger partial charge in [-0.2, -0.15) is 13.2 Å². The van der Waals surface area contributed by atoms with Crippen molar-refractivity contribution in [1.82, 2.24) is 15.8 Å². The number of benzene rings is 2. The summed E-state index contributed by atoms with van der Waals surface area (Å²) in [6, 6.07) is 8.56. The Kier molecular flexibility index (Phi) is 7.37. The Hall–Kier alpha value is -3.31. The maximum atomic E-state index is 13.7. The molecule has 3 aromatic rings. The molecule has 1 aromatic heterocycles. The maximum absolute atomic E-state index is 13.7. The van der Waals surface area contributed by atoms with Gasteiger partial charge in [0.25, 0.3) is 5.91 Å². The third-order valence-electron chi connectivity index (χ3n) is 5.45. The minimum absolute atomic E-state index is 0. The fourth-order valence-electron chi connectivity index (χ4n) is 3.55. The maximum Gasteiger partial charge on any atom is 0.420 e. The minimum atomic E-state index is -4.70. The van der Waals surface area contributed by atoms with Crippen LogP contribution in [0.2, 0.25) is 0 Å². The molecule has 0 fully saturated rings. The molecule has 0 saturated carbocycles. The standard InChI is InChI=1S/C22H21F3N4O4.ClH/c1-12(26-2)20(30)27-16-11-32-19-14(22(23,24)25)7-5-8-17(19)29(21(16)31)10-15-13-6-3-4-9-18(13)33-28-15;/h3-9,12,16,26H,10-11H2,1-2H3,(H,27,30);1H. The first-order valence-electron chi connectivity index (χ1n) is 10.2. The molecule has 2 atom stereocenters. The van der Waals surface area contributed by atoms with Crippen molar-refractivity contribution in [1.29, 1.82) is 0 Å². The zero-order valence-corrected chi connectivity index (χ0v) is 19.0. The highest BCUT2D eigenvalue weighted by Gasteiger charge is 2.40.